The molecule has 0 amide bonds. The largest absolute Gasteiger partial charge is 0.467 e. The minimum Gasteiger partial charge on any atom is -0.467 e. The topological polar surface area (TPSA) is 50.8 Å². The van der Waals surface area contributed by atoms with Gasteiger partial charge in [0.2, 0.25) is 0 Å². The van der Waals surface area contributed by atoms with Crippen molar-refractivity contribution in [2.24, 2.45) is 0 Å². The molecule has 1 N–H and O–H groups in total. The molecular formula is C16H24N2O3. The Hall–Kier alpha value is -1.43. The third-order valence-corrected chi connectivity index (χ3v) is 4.00. The monoisotopic (exact) mass is 292 g/mol. The Kier molecular flexibility index (Phi) is 5.73. The maximum absolute atomic E-state index is 12.5. The number of carbonyl (C=O) groups excluding carboxylic acids is 1. The van der Waals surface area contributed by atoms with Gasteiger partial charge >= 0.3 is 5.97 Å². The van der Waals surface area contributed by atoms with E-state index in [2.05, 4.69) is 10.2 Å². The van der Waals surface area contributed by atoms with Crippen molar-refractivity contribution in [2.45, 2.75) is 12.0 Å². The summed E-state index contributed by atoms with van der Waals surface area (Å²) in [6.07, 6.45) is 0.982. The maximum atomic E-state index is 12.5. The number of ether oxygens (including phenoxy) is 2. The molecule has 21 heavy (non-hydrogen) atoms. The number of carbonyl (C=O) groups is 1. The van der Waals surface area contributed by atoms with Gasteiger partial charge in [-0.15, -0.1) is 0 Å². The van der Waals surface area contributed by atoms with E-state index in [1.807, 2.05) is 30.3 Å². The van der Waals surface area contributed by atoms with Crippen LogP contribution in [0.2, 0.25) is 0 Å². The summed E-state index contributed by atoms with van der Waals surface area (Å²) < 4.78 is 10.6. The van der Waals surface area contributed by atoms with E-state index in [0.717, 1.165) is 31.7 Å². The Labute approximate surface area is 126 Å². The first-order chi connectivity index (χ1) is 10.2. The number of likely N-dealkylation sites (N-methyl/N-ethyl adjacent to an activating group) is 1. The van der Waals surface area contributed by atoms with Gasteiger partial charge in [-0.3, -0.25) is 4.90 Å². The van der Waals surface area contributed by atoms with Crippen LogP contribution >= 0.6 is 0 Å². The Morgan fingerprint density at radius 3 is 2.76 bits per heavy atom. The quantitative estimate of drug-likeness (QED) is 0.821. The van der Waals surface area contributed by atoms with E-state index in [-0.39, 0.29) is 5.97 Å². The van der Waals surface area contributed by atoms with E-state index in [0.29, 0.717) is 13.2 Å². The van der Waals surface area contributed by atoms with Gasteiger partial charge in [0.15, 0.2) is 5.54 Å². The van der Waals surface area contributed by atoms with E-state index in [4.69, 9.17) is 9.47 Å². The summed E-state index contributed by atoms with van der Waals surface area (Å²) in [6, 6.07) is 9.75. The van der Waals surface area contributed by atoms with Crippen LogP contribution < -0.4 is 5.32 Å². The molecule has 1 atom stereocenters. The summed E-state index contributed by atoms with van der Waals surface area (Å²) in [6.45, 7) is 3.81. The van der Waals surface area contributed by atoms with Crippen molar-refractivity contribution in [2.75, 3.05) is 47.0 Å². The van der Waals surface area contributed by atoms with Crippen LogP contribution in [0.5, 0.6) is 0 Å². The van der Waals surface area contributed by atoms with E-state index >= 15 is 0 Å². The fourth-order valence-corrected chi connectivity index (χ4v) is 2.79. The lowest BCUT2D eigenvalue weighted by atomic mass is 9.89. The van der Waals surface area contributed by atoms with Crippen molar-refractivity contribution < 1.29 is 14.3 Å². The van der Waals surface area contributed by atoms with Crippen molar-refractivity contribution in [3.8, 4) is 0 Å². The Morgan fingerprint density at radius 2 is 2.10 bits per heavy atom. The molecule has 1 aliphatic heterocycles. The molecule has 5 nitrogen and oxygen atoms in total. The Morgan fingerprint density at radius 1 is 1.33 bits per heavy atom. The highest BCUT2D eigenvalue weighted by Gasteiger charge is 2.41. The highest BCUT2D eigenvalue weighted by atomic mass is 16.5. The van der Waals surface area contributed by atoms with Crippen LogP contribution in [-0.4, -0.2) is 57.9 Å². The first-order valence-electron chi connectivity index (χ1n) is 7.36. The molecule has 1 unspecified atom stereocenters. The molecule has 1 aliphatic rings. The zero-order chi connectivity index (χ0) is 15.1. The third kappa shape index (κ3) is 3.61. The number of benzene rings is 1. The Balaban J connectivity index is 2.28. The lowest BCUT2D eigenvalue weighted by Gasteiger charge is -2.35. The first kappa shape index (κ1) is 15.9. The average molecular weight is 292 g/mol. The van der Waals surface area contributed by atoms with Gasteiger partial charge in [-0.05, 0) is 19.0 Å². The average Bonchev–Trinajstić information content (AvgIpc) is 2.81. The molecule has 1 aromatic rings. The molecule has 1 aromatic carbocycles. The van der Waals surface area contributed by atoms with Gasteiger partial charge in [0.1, 0.15) is 0 Å². The molecule has 1 saturated heterocycles. The van der Waals surface area contributed by atoms with Crippen molar-refractivity contribution in [1.29, 1.82) is 0 Å². The molecule has 2 rings (SSSR count). The van der Waals surface area contributed by atoms with E-state index in [9.17, 15) is 4.79 Å². The molecule has 116 valence electrons. The zero-order valence-electron chi connectivity index (χ0n) is 12.8. The summed E-state index contributed by atoms with van der Waals surface area (Å²) >= 11 is 0. The van der Waals surface area contributed by atoms with Gasteiger partial charge in [0, 0.05) is 26.2 Å². The predicted octanol–water partition coefficient (Wildman–Crippen LogP) is 0.997. The van der Waals surface area contributed by atoms with E-state index < -0.39 is 5.54 Å². The van der Waals surface area contributed by atoms with Crippen LogP contribution in [0.4, 0.5) is 0 Å². The second kappa shape index (κ2) is 7.54. The lowest BCUT2D eigenvalue weighted by molar-refractivity contribution is -0.150. The number of esters is 1. The van der Waals surface area contributed by atoms with Crippen LogP contribution in [0, 0.1) is 0 Å². The molecule has 0 spiro atoms. The summed E-state index contributed by atoms with van der Waals surface area (Å²) in [5.74, 6) is -0.263. The maximum Gasteiger partial charge on any atom is 0.332 e. The number of nitrogens with zero attached hydrogens (tertiary/aromatic N) is 1. The number of hydrogen-bond acceptors (Lipinski definition) is 5. The van der Waals surface area contributed by atoms with Crippen molar-refractivity contribution >= 4 is 5.97 Å². The third-order valence-electron chi connectivity index (χ3n) is 4.00. The van der Waals surface area contributed by atoms with E-state index in [1.54, 1.807) is 7.05 Å². The highest BCUT2D eigenvalue weighted by molar-refractivity contribution is 5.83. The van der Waals surface area contributed by atoms with Crippen LogP contribution in [0.15, 0.2) is 30.3 Å². The second-order valence-electron chi connectivity index (χ2n) is 5.26. The van der Waals surface area contributed by atoms with Crippen LogP contribution in [0.3, 0.4) is 0 Å². The molecule has 0 radical (unpaired) electrons. The van der Waals surface area contributed by atoms with Crippen LogP contribution in [0.1, 0.15) is 12.0 Å². The second-order valence-corrected chi connectivity index (χ2v) is 5.26. The number of hydrogen-bond donors (Lipinski definition) is 1. The summed E-state index contributed by atoms with van der Waals surface area (Å²) in [5.41, 5.74) is 0.0740. The lowest BCUT2D eigenvalue weighted by Crippen LogP contribution is -2.56. The zero-order valence-corrected chi connectivity index (χ0v) is 12.8. The summed E-state index contributed by atoms with van der Waals surface area (Å²) in [4.78, 5) is 14.7. The Bertz CT molecular complexity index is 444. The number of rotatable bonds is 5. The molecule has 5 heteroatoms. The molecule has 0 bridgehead atoms. The van der Waals surface area contributed by atoms with Crippen molar-refractivity contribution in [3.63, 3.8) is 0 Å². The van der Waals surface area contributed by atoms with Crippen LogP contribution in [-0.2, 0) is 19.8 Å². The molecule has 0 aromatic heterocycles. The highest BCUT2D eigenvalue weighted by Crippen LogP contribution is 2.24. The smallest absolute Gasteiger partial charge is 0.332 e. The first-order valence-corrected chi connectivity index (χ1v) is 7.36. The van der Waals surface area contributed by atoms with Gasteiger partial charge in [-0.2, -0.15) is 0 Å². The number of nitrogens with one attached hydrogen (secondary N) is 1. The van der Waals surface area contributed by atoms with Gasteiger partial charge in [-0.25, -0.2) is 4.79 Å². The fourth-order valence-electron chi connectivity index (χ4n) is 2.79. The minimum atomic E-state index is -0.847. The standard InChI is InChI=1S/C16H24N2O3/c1-17-16(15(19)20-2,14-7-4-3-5-8-14)13-18-9-6-11-21-12-10-18/h3-5,7-8,17H,6,9-13H2,1-2H3. The normalized spacial score (nSPS) is 19.5. The van der Waals surface area contributed by atoms with Crippen molar-refractivity contribution in [3.05, 3.63) is 35.9 Å². The fraction of sp³-hybridized carbons (Fsp3) is 0.562. The summed E-state index contributed by atoms with van der Waals surface area (Å²) in [7, 11) is 3.24. The molecular weight excluding hydrogens is 268 g/mol. The molecule has 1 heterocycles. The predicted molar refractivity (Wildman–Crippen MR) is 81.1 cm³/mol. The molecule has 0 saturated carbocycles. The van der Waals surface area contributed by atoms with Gasteiger partial charge < -0.3 is 14.8 Å². The van der Waals surface area contributed by atoms with Crippen LogP contribution in [0.25, 0.3) is 0 Å². The van der Waals surface area contributed by atoms with Crippen molar-refractivity contribution in [1.82, 2.24) is 10.2 Å². The van der Waals surface area contributed by atoms with Gasteiger partial charge in [-0.1, -0.05) is 30.3 Å². The molecule has 1 fully saturated rings. The van der Waals surface area contributed by atoms with E-state index in [1.165, 1.54) is 7.11 Å². The van der Waals surface area contributed by atoms with Gasteiger partial charge in [0.25, 0.3) is 0 Å². The number of methoxy groups -OCH3 is 1. The van der Waals surface area contributed by atoms with Gasteiger partial charge in [0.05, 0.1) is 13.7 Å². The molecule has 0 aliphatic carbocycles. The minimum absolute atomic E-state index is 0.263. The SMILES string of the molecule is CNC(CN1CCCOCC1)(C(=O)OC)c1ccccc1. The summed E-state index contributed by atoms with van der Waals surface area (Å²) in [5, 5.41) is 3.19.